The highest BCUT2D eigenvalue weighted by atomic mass is 16.3. The van der Waals surface area contributed by atoms with Crippen LogP contribution in [-0.2, 0) is 9.59 Å². The van der Waals surface area contributed by atoms with E-state index in [1.165, 1.54) is 18.7 Å². The summed E-state index contributed by atoms with van der Waals surface area (Å²) in [5.74, 6) is -0.300. The van der Waals surface area contributed by atoms with E-state index in [1.807, 2.05) is 0 Å². The highest BCUT2D eigenvalue weighted by Gasteiger charge is 2.09. The monoisotopic (exact) mass is 188 g/mol. The summed E-state index contributed by atoms with van der Waals surface area (Å²) in [5.41, 5.74) is 0. The van der Waals surface area contributed by atoms with Crippen molar-refractivity contribution in [1.29, 1.82) is 0 Å². The van der Waals surface area contributed by atoms with Crippen molar-refractivity contribution < 1.29 is 14.7 Å². The van der Waals surface area contributed by atoms with Crippen LogP contribution in [0.2, 0.25) is 0 Å². The van der Waals surface area contributed by atoms with Gasteiger partial charge in [0.25, 0.3) is 0 Å². The molecule has 0 bridgehead atoms. The molecule has 2 amide bonds. The number of nitrogens with one attached hydrogen (secondary N) is 1. The van der Waals surface area contributed by atoms with Gasteiger partial charge in [-0.15, -0.1) is 0 Å². The van der Waals surface area contributed by atoms with Crippen molar-refractivity contribution in [2.45, 2.75) is 20.0 Å². The molecule has 0 aliphatic carbocycles. The number of aliphatic hydroxyl groups is 1. The minimum atomic E-state index is -0.710. The highest BCUT2D eigenvalue weighted by Crippen LogP contribution is 1.88. The summed E-state index contributed by atoms with van der Waals surface area (Å²) >= 11 is 0. The lowest BCUT2D eigenvalue weighted by atomic mass is 10.3. The summed E-state index contributed by atoms with van der Waals surface area (Å²) in [6, 6.07) is 0. The lowest BCUT2D eigenvalue weighted by molar-refractivity contribution is -0.128. The minimum absolute atomic E-state index is 0.109. The van der Waals surface area contributed by atoms with Gasteiger partial charge in [-0.1, -0.05) is 0 Å². The van der Waals surface area contributed by atoms with Gasteiger partial charge in [-0.25, -0.2) is 0 Å². The summed E-state index contributed by atoms with van der Waals surface area (Å²) in [7, 11) is 1.60. The molecule has 0 radical (unpaired) electrons. The Hall–Kier alpha value is -1.10. The molecule has 1 unspecified atom stereocenters. The zero-order valence-electron chi connectivity index (χ0n) is 8.20. The quantitative estimate of drug-likeness (QED) is 0.592. The van der Waals surface area contributed by atoms with Crippen LogP contribution < -0.4 is 5.32 Å². The largest absolute Gasteiger partial charge is 0.389 e. The predicted molar refractivity (Wildman–Crippen MR) is 48.0 cm³/mol. The Morgan fingerprint density at radius 2 is 2.00 bits per heavy atom. The number of hydrogen-bond donors (Lipinski definition) is 2. The van der Waals surface area contributed by atoms with E-state index in [2.05, 4.69) is 5.32 Å². The van der Waals surface area contributed by atoms with E-state index in [4.69, 9.17) is 0 Å². The van der Waals surface area contributed by atoms with Gasteiger partial charge in [-0.05, 0) is 0 Å². The fourth-order valence-corrected chi connectivity index (χ4v) is 0.771. The van der Waals surface area contributed by atoms with Crippen molar-refractivity contribution in [1.82, 2.24) is 10.2 Å². The third-order valence-corrected chi connectivity index (χ3v) is 1.61. The van der Waals surface area contributed by atoms with Crippen LogP contribution >= 0.6 is 0 Å². The molecule has 0 aromatic heterocycles. The number of amides is 2. The topological polar surface area (TPSA) is 69.6 Å². The normalized spacial score (nSPS) is 12.0. The van der Waals surface area contributed by atoms with Gasteiger partial charge in [0.2, 0.25) is 11.8 Å². The molecule has 0 aliphatic heterocycles. The van der Waals surface area contributed by atoms with E-state index in [-0.39, 0.29) is 24.9 Å². The molecule has 0 aromatic rings. The Morgan fingerprint density at radius 3 is 2.38 bits per heavy atom. The highest BCUT2D eigenvalue weighted by molar-refractivity contribution is 5.73. The number of carbonyl (C=O) groups excluding carboxylic acids is 2. The molecular weight excluding hydrogens is 172 g/mol. The standard InChI is InChI=1S/C8H16N2O3/c1-6(11)9-4-8(13)5-10(3)7(2)12/h8,13H,4-5H2,1-3H3,(H,9,11). The van der Waals surface area contributed by atoms with Gasteiger partial charge >= 0.3 is 0 Å². The molecule has 13 heavy (non-hydrogen) atoms. The van der Waals surface area contributed by atoms with Crippen molar-refractivity contribution in [2.24, 2.45) is 0 Å². The van der Waals surface area contributed by atoms with Gasteiger partial charge in [0.1, 0.15) is 0 Å². The molecule has 0 rings (SSSR count). The van der Waals surface area contributed by atoms with E-state index in [9.17, 15) is 14.7 Å². The maximum absolute atomic E-state index is 10.7. The SMILES string of the molecule is CC(=O)NCC(O)CN(C)C(C)=O. The second-order valence-electron chi connectivity index (χ2n) is 2.99. The molecular formula is C8H16N2O3. The van der Waals surface area contributed by atoms with Crippen molar-refractivity contribution in [3.63, 3.8) is 0 Å². The van der Waals surface area contributed by atoms with Crippen molar-refractivity contribution in [3.05, 3.63) is 0 Å². The van der Waals surface area contributed by atoms with Gasteiger partial charge in [0.15, 0.2) is 0 Å². The Balaban J connectivity index is 3.67. The minimum Gasteiger partial charge on any atom is -0.389 e. The maximum atomic E-state index is 10.7. The molecule has 2 N–H and O–H groups in total. The Kier molecular flexibility index (Phi) is 5.06. The van der Waals surface area contributed by atoms with Gasteiger partial charge in [-0.2, -0.15) is 0 Å². The number of carbonyl (C=O) groups is 2. The summed E-state index contributed by atoms with van der Waals surface area (Å²) in [6.45, 7) is 3.20. The van der Waals surface area contributed by atoms with E-state index < -0.39 is 6.10 Å². The lowest BCUT2D eigenvalue weighted by Crippen LogP contribution is -2.39. The van der Waals surface area contributed by atoms with Gasteiger partial charge in [0.05, 0.1) is 6.10 Å². The number of likely N-dealkylation sites (N-methyl/N-ethyl adjacent to an activating group) is 1. The van der Waals surface area contributed by atoms with E-state index in [0.29, 0.717) is 0 Å². The third-order valence-electron chi connectivity index (χ3n) is 1.61. The molecule has 0 saturated carbocycles. The first-order valence-corrected chi connectivity index (χ1v) is 4.07. The number of aliphatic hydroxyl groups excluding tert-OH is 1. The van der Waals surface area contributed by atoms with Crippen LogP contribution in [0, 0.1) is 0 Å². The van der Waals surface area contributed by atoms with Crippen LogP contribution in [0.4, 0.5) is 0 Å². The fraction of sp³-hybridized carbons (Fsp3) is 0.750. The number of rotatable bonds is 4. The van der Waals surface area contributed by atoms with Crippen LogP contribution in [0.5, 0.6) is 0 Å². The molecule has 0 aromatic carbocycles. The zero-order valence-corrected chi connectivity index (χ0v) is 8.20. The van der Waals surface area contributed by atoms with Gasteiger partial charge in [0, 0.05) is 34.0 Å². The fourth-order valence-electron chi connectivity index (χ4n) is 0.771. The zero-order chi connectivity index (χ0) is 10.4. The van der Waals surface area contributed by atoms with E-state index >= 15 is 0 Å². The van der Waals surface area contributed by atoms with Crippen molar-refractivity contribution in [2.75, 3.05) is 20.1 Å². The molecule has 0 spiro atoms. The average Bonchev–Trinajstić information content (AvgIpc) is 2.00. The summed E-state index contributed by atoms with van der Waals surface area (Å²) in [4.78, 5) is 22.6. The summed E-state index contributed by atoms with van der Waals surface area (Å²) in [5, 5.41) is 11.8. The van der Waals surface area contributed by atoms with Gasteiger partial charge in [-0.3, -0.25) is 9.59 Å². The molecule has 0 aliphatic rings. The smallest absolute Gasteiger partial charge is 0.219 e. The second kappa shape index (κ2) is 5.53. The Labute approximate surface area is 77.7 Å². The molecule has 5 nitrogen and oxygen atoms in total. The average molecular weight is 188 g/mol. The molecule has 1 atom stereocenters. The van der Waals surface area contributed by atoms with Crippen LogP contribution in [-0.4, -0.2) is 48.1 Å². The van der Waals surface area contributed by atoms with Crippen LogP contribution in [0.1, 0.15) is 13.8 Å². The molecule has 5 heteroatoms. The van der Waals surface area contributed by atoms with Crippen molar-refractivity contribution in [3.8, 4) is 0 Å². The first-order chi connectivity index (χ1) is 5.93. The summed E-state index contributed by atoms with van der Waals surface area (Å²) < 4.78 is 0. The maximum Gasteiger partial charge on any atom is 0.219 e. The predicted octanol–water partition coefficient (Wildman–Crippen LogP) is -1.04. The van der Waals surface area contributed by atoms with E-state index in [0.717, 1.165) is 0 Å². The van der Waals surface area contributed by atoms with E-state index in [1.54, 1.807) is 7.05 Å². The Bertz CT molecular complexity index is 194. The molecule has 0 saturated heterocycles. The first-order valence-electron chi connectivity index (χ1n) is 4.07. The van der Waals surface area contributed by atoms with Gasteiger partial charge < -0.3 is 15.3 Å². The van der Waals surface area contributed by atoms with Crippen LogP contribution in [0.3, 0.4) is 0 Å². The third kappa shape index (κ3) is 6.10. The number of hydrogen-bond acceptors (Lipinski definition) is 3. The lowest BCUT2D eigenvalue weighted by Gasteiger charge is -2.19. The summed E-state index contributed by atoms with van der Waals surface area (Å²) in [6.07, 6.45) is -0.710. The Morgan fingerprint density at radius 1 is 1.46 bits per heavy atom. The molecule has 0 heterocycles. The van der Waals surface area contributed by atoms with Crippen LogP contribution in [0.15, 0.2) is 0 Å². The van der Waals surface area contributed by atoms with Crippen LogP contribution in [0.25, 0.3) is 0 Å². The molecule has 76 valence electrons. The van der Waals surface area contributed by atoms with Crippen molar-refractivity contribution >= 4 is 11.8 Å². The first kappa shape index (κ1) is 11.9. The second-order valence-corrected chi connectivity index (χ2v) is 2.99. The molecule has 0 fully saturated rings. The number of nitrogens with zero attached hydrogens (tertiary/aromatic N) is 1.